The Morgan fingerprint density at radius 3 is 1.32 bits per heavy atom. The van der Waals surface area contributed by atoms with Gasteiger partial charge in [0.1, 0.15) is 0 Å². The van der Waals surface area contributed by atoms with Crippen LogP contribution in [0.2, 0.25) is 6.55 Å². The molecule has 5 rings (SSSR count). The van der Waals surface area contributed by atoms with Gasteiger partial charge in [0.05, 0.1) is 9.52 Å². The number of rotatable bonds is 1. The third-order valence-electron chi connectivity index (χ3n) is 4.59. The second-order valence-electron chi connectivity index (χ2n) is 6.94. The minimum atomic E-state index is 0. The van der Waals surface area contributed by atoms with Crippen LogP contribution in [0, 0.1) is 13.8 Å². The van der Waals surface area contributed by atoms with Crippen LogP contribution in [0.15, 0.2) is 103 Å². The number of hydrogen-bond acceptors (Lipinski definition) is 0. The molecule has 0 spiro atoms. The van der Waals surface area contributed by atoms with E-state index in [1.807, 2.05) is 6.07 Å². The molecule has 156 valence electrons. The van der Waals surface area contributed by atoms with Gasteiger partial charge >= 0.3 is 26.2 Å². The van der Waals surface area contributed by atoms with Crippen molar-refractivity contribution in [3.8, 4) is 0 Å². The molecule has 0 amide bonds. The van der Waals surface area contributed by atoms with Crippen molar-refractivity contribution in [3.05, 3.63) is 114 Å². The standard InChI is InChI=1S/2C10H9.C7H8Si.2ClH.Zr/c2*1-8-6-9-4-2-3-5-10(9)7-8;1-8-7-5-3-2-4-6-7;;;/h2*2-7H,1H3;2-6H,1H3;2*1H;/q2*-1;;;;+4/p-2. The van der Waals surface area contributed by atoms with Gasteiger partial charge in [0.25, 0.3) is 0 Å². The molecular weight excluding hydrogens is 515 g/mol. The van der Waals surface area contributed by atoms with Gasteiger partial charge < -0.3 is 24.8 Å². The summed E-state index contributed by atoms with van der Waals surface area (Å²) < 4.78 is 0. The molecule has 0 aliphatic heterocycles. The van der Waals surface area contributed by atoms with Crippen LogP contribution < -0.4 is 30.0 Å². The smallest absolute Gasteiger partial charge is 1.00 e. The molecule has 0 aliphatic rings. The molecule has 5 aromatic carbocycles. The number of benzene rings is 3. The second-order valence-corrected chi connectivity index (χ2v) is 8.02. The largest absolute Gasteiger partial charge is 4.00 e. The molecule has 0 saturated heterocycles. The predicted octanol–water partition coefficient (Wildman–Crippen LogP) is 0.804. The van der Waals surface area contributed by atoms with Gasteiger partial charge in [-0.25, -0.2) is 0 Å². The van der Waals surface area contributed by atoms with E-state index in [0.29, 0.717) is 0 Å². The summed E-state index contributed by atoms with van der Waals surface area (Å²) in [5, 5.41) is 6.83. The maximum absolute atomic E-state index is 2.20. The average Bonchev–Trinajstić information content (AvgIpc) is 3.29. The Labute approximate surface area is 220 Å². The zero-order valence-corrected chi connectivity index (χ0v) is 23.0. The zero-order valence-electron chi connectivity index (χ0n) is 18.1. The normalized spacial score (nSPS) is 9.13. The Balaban J connectivity index is 0.000000419. The van der Waals surface area contributed by atoms with E-state index in [-0.39, 0.29) is 51.0 Å². The van der Waals surface area contributed by atoms with E-state index in [1.165, 1.54) is 37.9 Å². The van der Waals surface area contributed by atoms with E-state index in [1.54, 1.807) is 0 Å². The molecule has 0 unspecified atom stereocenters. The van der Waals surface area contributed by atoms with Gasteiger partial charge in [0.15, 0.2) is 0 Å². The summed E-state index contributed by atoms with van der Waals surface area (Å²) in [6, 6.07) is 36.2. The summed E-state index contributed by atoms with van der Waals surface area (Å²) in [4.78, 5) is 0. The monoisotopic (exact) mass is 538 g/mol. The molecule has 0 aliphatic carbocycles. The molecule has 0 fully saturated rings. The third kappa shape index (κ3) is 9.29. The van der Waals surface area contributed by atoms with Crippen LogP contribution in [0.25, 0.3) is 21.5 Å². The van der Waals surface area contributed by atoms with Gasteiger partial charge in [0.2, 0.25) is 0 Å². The second kappa shape index (κ2) is 15.4. The maximum Gasteiger partial charge on any atom is 4.00 e. The summed E-state index contributed by atoms with van der Waals surface area (Å²) >= 11 is 0. The summed E-state index contributed by atoms with van der Waals surface area (Å²) in [5.41, 5.74) is 2.70. The first-order chi connectivity index (χ1) is 13.7. The van der Waals surface area contributed by atoms with E-state index in [2.05, 4.69) is 117 Å². The molecule has 0 atom stereocenters. The summed E-state index contributed by atoms with van der Waals surface area (Å²) in [7, 11) is 0.930. The van der Waals surface area contributed by atoms with Crippen LogP contribution in [0.1, 0.15) is 11.1 Å². The molecular formula is C27H26Cl2SiZr. The molecule has 0 saturated carbocycles. The fourth-order valence-corrected chi connectivity index (χ4v) is 3.74. The Hall–Kier alpha value is -1.44. The molecule has 4 heteroatoms. The van der Waals surface area contributed by atoms with Crippen LogP contribution in [-0.2, 0) is 26.2 Å². The number of halogens is 2. The van der Waals surface area contributed by atoms with E-state index in [0.717, 1.165) is 9.52 Å². The van der Waals surface area contributed by atoms with E-state index >= 15 is 0 Å². The molecule has 0 nitrogen and oxygen atoms in total. The molecule has 0 heterocycles. The fraction of sp³-hybridized carbons (Fsp3) is 0.111. The fourth-order valence-electron chi connectivity index (χ4n) is 3.22. The van der Waals surface area contributed by atoms with Gasteiger partial charge in [-0.1, -0.05) is 68.0 Å². The van der Waals surface area contributed by atoms with Crippen molar-refractivity contribution in [2.24, 2.45) is 0 Å². The van der Waals surface area contributed by atoms with Crippen molar-refractivity contribution >= 4 is 36.3 Å². The Bertz CT molecular complexity index is 992. The minimum absolute atomic E-state index is 0. The van der Waals surface area contributed by atoms with Gasteiger partial charge in [-0.2, -0.15) is 12.1 Å². The van der Waals surface area contributed by atoms with Crippen LogP contribution in [0.3, 0.4) is 0 Å². The zero-order chi connectivity index (χ0) is 19.8. The predicted molar refractivity (Wildman–Crippen MR) is 126 cm³/mol. The number of aryl methyl sites for hydroxylation is 2. The van der Waals surface area contributed by atoms with Crippen molar-refractivity contribution in [2.45, 2.75) is 20.4 Å². The molecule has 0 bridgehead atoms. The van der Waals surface area contributed by atoms with E-state index in [4.69, 9.17) is 0 Å². The summed E-state index contributed by atoms with van der Waals surface area (Å²) in [6.07, 6.45) is 0. The average molecular weight is 541 g/mol. The van der Waals surface area contributed by atoms with Crippen LogP contribution >= 0.6 is 0 Å². The first-order valence-corrected chi connectivity index (χ1v) is 11.1. The van der Waals surface area contributed by atoms with Crippen molar-refractivity contribution in [2.75, 3.05) is 0 Å². The van der Waals surface area contributed by atoms with Crippen LogP contribution in [0.4, 0.5) is 0 Å². The minimum Gasteiger partial charge on any atom is -1.00 e. The Kier molecular flexibility index (Phi) is 14.7. The van der Waals surface area contributed by atoms with Crippen molar-refractivity contribution in [1.82, 2.24) is 0 Å². The van der Waals surface area contributed by atoms with E-state index in [9.17, 15) is 0 Å². The molecule has 0 aromatic heterocycles. The Morgan fingerprint density at radius 2 is 0.968 bits per heavy atom. The molecule has 2 radical (unpaired) electrons. The quantitative estimate of drug-likeness (QED) is 0.218. The van der Waals surface area contributed by atoms with Gasteiger partial charge in [-0.3, -0.25) is 0 Å². The summed E-state index contributed by atoms with van der Waals surface area (Å²) in [5.74, 6) is 0. The molecule has 0 N–H and O–H groups in total. The molecule has 5 aromatic rings. The van der Waals surface area contributed by atoms with Crippen molar-refractivity contribution in [3.63, 3.8) is 0 Å². The summed E-state index contributed by atoms with van der Waals surface area (Å²) in [6.45, 7) is 6.44. The first kappa shape index (κ1) is 29.6. The SMILES string of the molecule is C[Si]c1ccccc1.Cc1cc2ccccc2[cH-]1.Cc1cc2ccccc2[cH-]1.[Cl-].[Cl-].[Zr+4]. The first-order valence-electron chi connectivity index (χ1n) is 9.62. The topological polar surface area (TPSA) is 0 Å². The van der Waals surface area contributed by atoms with E-state index < -0.39 is 0 Å². The third-order valence-corrected chi connectivity index (χ3v) is 5.50. The van der Waals surface area contributed by atoms with Gasteiger partial charge in [-0.05, 0) is 0 Å². The molecule has 31 heavy (non-hydrogen) atoms. The maximum atomic E-state index is 2.20. The number of fused-ring (bicyclic) bond motifs is 2. The Morgan fingerprint density at radius 1 is 0.581 bits per heavy atom. The van der Waals surface area contributed by atoms with Crippen LogP contribution in [0.5, 0.6) is 0 Å². The van der Waals surface area contributed by atoms with Gasteiger partial charge in [0, 0.05) is 0 Å². The van der Waals surface area contributed by atoms with Gasteiger partial charge in [-0.15, -0.1) is 81.2 Å². The van der Waals surface area contributed by atoms with Crippen molar-refractivity contribution in [1.29, 1.82) is 0 Å². The van der Waals surface area contributed by atoms with Crippen molar-refractivity contribution < 1.29 is 51.0 Å². The number of hydrogen-bond donors (Lipinski definition) is 0. The van der Waals surface area contributed by atoms with Crippen LogP contribution in [-0.4, -0.2) is 9.52 Å².